The van der Waals surface area contributed by atoms with E-state index in [0.717, 1.165) is 10.9 Å². The molecule has 2 aliphatic rings. The van der Waals surface area contributed by atoms with Crippen molar-refractivity contribution in [3.05, 3.63) is 29.1 Å². The van der Waals surface area contributed by atoms with Crippen LogP contribution in [0.4, 0.5) is 13.2 Å². The maximum absolute atomic E-state index is 13.8. The topological polar surface area (TPSA) is 79.0 Å². The molecular weight excluding hydrogens is 397 g/mol. The zero-order chi connectivity index (χ0) is 22.7. The van der Waals surface area contributed by atoms with Crippen molar-refractivity contribution in [3.63, 3.8) is 0 Å². The normalized spacial score (nSPS) is 24.2. The summed E-state index contributed by atoms with van der Waals surface area (Å²) in [7, 11) is 0. The van der Waals surface area contributed by atoms with Gasteiger partial charge in [-0.25, -0.2) is 0 Å². The SMILES string of the molecule is CC1(C)C[C@]2(C=C(C#N)C1=O)CCN(C(=O)c1cnn(C(C)(C)C)c1C(F)(F)F)C2. The van der Waals surface area contributed by atoms with Crippen LogP contribution in [0.1, 0.15) is 63.5 Å². The number of alkyl halides is 3. The van der Waals surface area contributed by atoms with Crippen molar-refractivity contribution in [1.82, 2.24) is 14.7 Å². The van der Waals surface area contributed by atoms with Gasteiger partial charge in [-0.1, -0.05) is 19.9 Å². The molecule has 2 heterocycles. The second-order valence-corrected chi connectivity index (χ2v) is 9.89. The van der Waals surface area contributed by atoms with Gasteiger partial charge in [0.1, 0.15) is 6.07 Å². The van der Waals surface area contributed by atoms with Crippen LogP contribution in [-0.4, -0.2) is 39.5 Å². The first kappa shape index (κ1) is 22.1. The Morgan fingerprint density at radius 3 is 2.43 bits per heavy atom. The van der Waals surface area contributed by atoms with E-state index in [9.17, 15) is 28.0 Å². The molecule has 0 unspecified atom stereocenters. The van der Waals surface area contributed by atoms with Crippen LogP contribution in [-0.2, 0) is 16.5 Å². The zero-order valence-corrected chi connectivity index (χ0v) is 17.7. The molecule has 6 nitrogen and oxygen atoms in total. The molecular formula is C21H25F3N4O2. The number of Topliss-reactive ketones (excluding diaryl/α,β-unsaturated/α-hetero) is 1. The highest BCUT2D eigenvalue weighted by atomic mass is 19.4. The highest BCUT2D eigenvalue weighted by molar-refractivity contribution is 6.04. The van der Waals surface area contributed by atoms with Crippen molar-refractivity contribution in [2.24, 2.45) is 10.8 Å². The summed E-state index contributed by atoms with van der Waals surface area (Å²) in [5, 5.41) is 13.2. The predicted molar refractivity (Wildman–Crippen MR) is 102 cm³/mol. The first-order chi connectivity index (χ1) is 13.6. The van der Waals surface area contributed by atoms with Gasteiger partial charge in [0.2, 0.25) is 0 Å². The van der Waals surface area contributed by atoms with E-state index in [4.69, 9.17) is 0 Å². The number of aromatic nitrogens is 2. The van der Waals surface area contributed by atoms with Gasteiger partial charge in [-0.05, 0) is 33.6 Å². The number of halogens is 3. The summed E-state index contributed by atoms with van der Waals surface area (Å²) in [6.45, 7) is 8.67. The number of carbonyl (C=O) groups is 2. The average Bonchev–Trinajstić information content (AvgIpc) is 3.21. The monoisotopic (exact) mass is 422 g/mol. The number of amides is 1. The Kier molecular flexibility index (Phi) is 4.92. The van der Waals surface area contributed by atoms with E-state index < -0.39 is 39.7 Å². The van der Waals surface area contributed by atoms with Crippen molar-refractivity contribution in [3.8, 4) is 6.07 Å². The quantitative estimate of drug-likeness (QED) is 0.687. The van der Waals surface area contributed by atoms with Gasteiger partial charge in [-0.2, -0.15) is 23.5 Å². The fourth-order valence-electron chi connectivity index (χ4n) is 4.62. The molecule has 0 radical (unpaired) electrons. The lowest BCUT2D eigenvalue weighted by Gasteiger charge is -2.38. The molecule has 1 aromatic rings. The third-order valence-corrected chi connectivity index (χ3v) is 5.80. The van der Waals surface area contributed by atoms with E-state index >= 15 is 0 Å². The Labute approximate surface area is 173 Å². The van der Waals surface area contributed by atoms with Crippen LogP contribution in [0.15, 0.2) is 17.8 Å². The molecule has 1 atom stereocenters. The van der Waals surface area contributed by atoms with Gasteiger partial charge in [-0.15, -0.1) is 0 Å². The minimum absolute atomic E-state index is 0.0529. The van der Waals surface area contributed by atoms with Crippen molar-refractivity contribution in [2.75, 3.05) is 13.1 Å². The number of nitrogens with zero attached hydrogens (tertiary/aromatic N) is 4. The third-order valence-electron chi connectivity index (χ3n) is 5.80. The maximum atomic E-state index is 13.8. The number of likely N-dealkylation sites (tertiary alicyclic amines) is 1. The molecule has 1 aromatic heterocycles. The van der Waals surface area contributed by atoms with Gasteiger partial charge in [0.15, 0.2) is 11.5 Å². The third kappa shape index (κ3) is 3.64. The van der Waals surface area contributed by atoms with E-state index in [-0.39, 0.29) is 24.4 Å². The molecule has 1 aliphatic carbocycles. The van der Waals surface area contributed by atoms with E-state index in [1.54, 1.807) is 40.7 Å². The molecule has 0 aromatic carbocycles. The molecule has 1 saturated heterocycles. The summed E-state index contributed by atoms with van der Waals surface area (Å²) >= 11 is 0. The van der Waals surface area contributed by atoms with Crippen LogP contribution in [0.5, 0.6) is 0 Å². The second-order valence-electron chi connectivity index (χ2n) is 9.89. The van der Waals surface area contributed by atoms with Gasteiger partial charge in [0, 0.05) is 23.9 Å². The smallest absolute Gasteiger partial charge is 0.338 e. The van der Waals surface area contributed by atoms with Crippen molar-refractivity contribution in [1.29, 1.82) is 5.26 Å². The van der Waals surface area contributed by atoms with Crippen molar-refractivity contribution < 1.29 is 22.8 Å². The average molecular weight is 422 g/mol. The number of nitriles is 1. The summed E-state index contributed by atoms with van der Waals surface area (Å²) in [6, 6.07) is 1.93. The number of hydrogen-bond acceptors (Lipinski definition) is 4. The standard InChI is InChI=1S/C21H25F3N4O2/c1-18(2,3)28-15(21(22,23)24)14(10-26-28)17(30)27-7-6-20(12-27)8-13(9-25)16(29)19(4,5)11-20/h8,10H,6-7,11-12H2,1-5H3/t20-/m1/s1. The summed E-state index contributed by atoms with van der Waals surface area (Å²) in [5.41, 5.74) is -3.81. The Balaban J connectivity index is 1.97. The van der Waals surface area contributed by atoms with Gasteiger partial charge in [0.05, 0.1) is 22.9 Å². The molecule has 162 valence electrons. The van der Waals surface area contributed by atoms with Gasteiger partial charge in [-0.3, -0.25) is 14.3 Å². The highest BCUT2D eigenvalue weighted by Gasteiger charge is 2.50. The molecule has 1 aliphatic heterocycles. The highest BCUT2D eigenvalue weighted by Crippen LogP contribution is 2.48. The fourth-order valence-corrected chi connectivity index (χ4v) is 4.62. The predicted octanol–water partition coefficient (Wildman–Crippen LogP) is 3.94. The van der Waals surface area contributed by atoms with Crippen LogP contribution >= 0.6 is 0 Å². The van der Waals surface area contributed by atoms with Crippen LogP contribution in [0.25, 0.3) is 0 Å². The Morgan fingerprint density at radius 1 is 1.27 bits per heavy atom. The first-order valence-corrected chi connectivity index (χ1v) is 9.74. The number of ketones is 1. The molecule has 0 N–H and O–H groups in total. The summed E-state index contributed by atoms with van der Waals surface area (Å²) in [5.74, 6) is -0.984. The van der Waals surface area contributed by atoms with Crippen LogP contribution in [0.2, 0.25) is 0 Å². The molecule has 0 bridgehead atoms. The van der Waals surface area contributed by atoms with Crippen LogP contribution in [0, 0.1) is 22.2 Å². The number of rotatable bonds is 1. The van der Waals surface area contributed by atoms with E-state index in [1.807, 2.05) is 6.07 Å². The molecule has 9 heteroatoms. The number of allylic oxidation sites excluding steroid dienone is 1. The Hall–Kier alpha value is -2.63. The van der Waals surface area contributed by atoms with E-state index in [2.05, 4.69) is 5.10 Å². The van der Waals surface area contributed by atoms with Crippen LogP contribution < -0.4 is 0 Å². The lowest BCUT2D eigenvalue weighted by atomic mass is 9.64. The second kappa shape index (κ2) is 6.69. The van der Waals surface area contributed by atoms with E-state index in [0.29, 0.717) is 12.8 Å². The molecule has 3 rings (SSSR count). The zero-order valence-electron chi connectivity index (χ0n) is 17.7. The largest absolute Gasteiger partial charge is 0.433 e. The van der Waals surface area contributed by atoms with Gasteiger partial charge >= 0.3 is 6.18 Å². The Morgan fingerprint density at radius 2 is 1.90 bits per heavy atom. The fraction of sp³-hybridized carbons (Fsp3) is 0.619. The summed E-state index contributed by atoms with van der Waals surface area (Å²) in [4.78, 5) is 26.8. The number of carbonyl (C=O) groups excluding carboxylic acids is 2. The lowest BCUT2D eigenvalue weighted by Crippen LogP contribution is -2.41. The van der Waals surface area contributed by atoms with Crippen LogP contribution in [0.3, 0.4) is 0 Å². The molecule has 1 amide bonds. The minimum atomic E-state index is -4.74. The summed E-state index contributed by atoms with van der Waals surface area (Å²) < 4.78 is 42.2. The minimum Gasteiger partial charge on any atom is -0.338 e. The number of hydrogen-bond donors (Lipinski definition) is 0. The first-order valence-electron chi connectivity index (χ1n) is 9.74. The maximum Gasteiger partial charge on any atom is 0.433 e. The molecule has 1 spiro atoms. The molecule has 30 heavy (non-hydrogen) atoms. The van der Waals surface area contributed by atoms with Gasteiger partial charge in [0.25, 0.3) is 5.91 Å². The Bertz CT molecular complexity index is 976. The van der Waals surface area contributed by atoms with E-state index in [1.165, 1.54) is 4.90 Å². The lowest BCUT2D eigenvalue weighted by molar-refractivity contribution is -0.146. The van der Waals surface area contributed by atoms with Crippen molar-refractivity contribution >= 4 is 11.7 Å². The summed E-state index contributed by atoms with van der Waals surface area (Å²) in [6.07, 6.45) is -1.24. The van der Waals surface area contributed by atoms with Crippen molar-refractivity contribution in [2.45, 2.75) is 59.2 Å². The molecule has 0 saturated carbocycles. The van der Waals surface area contributed by atoms with Gasteiger partial charge < -0.3 is 4.90 Å². The molecule has 1 fully saturated rings.